The molecule has 0 aromatic carbocycles. The molecule has 1 aromatic rings. The Morgan fingerprint density at radius 1 is 1.58 bits per heavy atom. The number of carbonyl (C=O) groups is 2. The highest BCUT2D eigenvalue weighted by molar-refractivity contribution is 7.09. The molecule has 0 spiro atoms. The van der Waals surface area contributed by atoms with Crippen LogP contribution in [0.5, 0.6) is 0 Å². The van der Waals surface area contributed by atoms with Crippen LogP contribution in [0.2, 0.25) is 0 Å². The van der Waals surface area contributed by atoms with Gasteiger partial charge in [0, 0.05) is 18.3 Å². The maximum absolute atomic E-state index is 11.7. The largest absolute Gasteiger partial charge is 0.476 e. The van der Waals surface area contributed by atoms with Crippen molar-refractivity contribution in [2.45, 2.75) is 32.7 Å². The van der Waals surface area contributed by atoms with Gasteiger partial charge in [-0.3, -0.25) is 4.79 Å². The van der Waals surface area contributed by atoms with E-state index in [4.69, 9.17) is 10.8 Å². The topological polar surface area (TPSA) is 105 Å². The van der Waals surface area contributed by atoms with Crippen molar-refractivity contribution in [1.29, 1.82) is 0 Å². The van der Waals surface area contributed by atoms with Gasteiger partial charge in [-0.25, -0.2) is 9.78 Å². The van der Waals surface area contributed by atoms with Crippen LogP contribution < -0.4 is 11.1 Å². The molecule has 1 heterocycles. The van der Waals surface area contributed by atoms with Gasteiger partial charge in [0.05, 0.1) is 11.0 Å². The third kappa shape index (κ3) is 4.60. The van der Waals surface area contributed by atoms with E-state index in [1.807, 2.05) is 13.8 Å². The number of rotatable bonds is 7. The Bertz CT molecular complexity index is 447. The maximum Gasteiger partial charge on any atom is 0.355 e. The van der Waals surface area contributed by atoms with Crippen LogP contribution in [0.3, 0.4) is 0 Å². The molecule has 0 radical (unpaired) electrons. The van der Waals surface area contributed by atoms with E-state index in [1.165, 1.54) is 16.7 Å². The smallest absolute Gasteiger partial charge is 0.355 e. The lowest BCUT2D eigenvalue weighted by Gasteiger charge is -2.17. The Morgan fingerprint density at radius 2 is 2.26 bits per heavy atom. The van der Waals surface area contributed by atoms with Gasteiger partial charge in [-0.15, -0.1) is 11.3 Å². The maximum atomic E-state index is 11.7. The van der Waals surface area contributed by atoms with Gasteiger partial charge in [0.25, 0.3) is 0 Å². The van der Waals surface area contributed by atoms with Crippen molar-refractivity contribution >= 4 is 23.2 Å². The number of nitrogens with two attached hydrogens (primary N) is 1. The molecule has 0 aliphatic heterocycles. The minimum atomic E-state index is -1.04. The van der Waals surface area contributed by atoms with Crippen LogP contribution in [0.1, 0.15) is 35.8 Å². The fourth-order valence-electron chi connectivity index (χ4n) is 1.45. The molecule has 2 atom stereocenters. The van der Waals surface area contributed by atoms with Crippen LogP contribution >= 0.6 is 11.3 Å². The first-order valence-corrected chi connectivity index (χ1v) is 7.04. The molecule has 7 heteroatoms. The molecule has 2 unspecified atom stereocenters. The zero-order valence-electron chi connectivity index (χ0n) is 11.0. The molecule has 0 saturated heterocycles. The van der Waals surface area contributed by atoms with Crippen LogP contribution in [0.25, 0.3) is 0 Å². The van der Waals surface area contributed by atoms with Crippen molar-refractivity contribution in [1.82, 2.24) is 10.3 Å². The van der Waals surface area contributed by atoms with Crippen LogP contribution in [0.4, 0.5) is 0 Å². The van der Waals surface area contributed by atoms with Crippen LogP contribution in [0, 0.1) is 5.92 Å². The van der Waals surface area contributed by atoms with E-state index in [0.29, 0.717) is 18.0 Å². The Kier molecular flexibility index (Phi) is 5.91. The van der Waals surface area contributed by atoms with Crippen molar-refractivity contribution in [3.8, 4) is 0 Å². The second-order valence-electron chi connectivity index (χ2n) is 4.38. The number of nitrogens with zero attached hydrogens (tertiary/aromatic N) is 1. The number of nitrogens with one attached hydrogen (secondary N) is 1. The summed E-state index contributed by atoms with van der Waals surface area (Å²) in [5, 5.41) is 13.7. The molecule has 0 bridgehead atoms. The molecule has 0 fully saturated rings. The first-order valence-electron chi connectivity index (χ1n) is 6.16. The molecular formula is C12H19N3O3S. The summed E-state index contributed by atoms with van der Waals surface area (Å²) in [5.41, 5.74) is 5.84. The van der Waals surface area contributed by atoms with E-state index in [-0.39, 0.29) is 17.5 Å². The van der Waals surface area contributed by atoms with E-state index in [2.05, 4.69) is 10.3 Å². The van der Waals surface area contributed by atoms with E-state index < -0.39 is 12.0 Å². The van der Waals surface area contributed by atoms with Crippen LogP contribution in [-0.2, 0) is 11.2 Å². The zero-order valence-corrected chi connectivity index (χ0v) is 11.9. The van der Waals surface area contributed by atoms with E-state index >= 15 is 0 Å². The summed E-state index contributed by atoms with van der Waals surface area (Å²) in [6.45, 7) is 4.33. The van der Waals surface area contributed by atoms with Gasteiger partial charge in [0.2, 0.25) is 5.91 Å². The summed E-state index contributed by atoms with van der Waals surface area (Å²) < 4.78 is 0. The zero-order chi connectivity index (χ0) is 14.4. The summed E-state index contributed by atoms with van der Waals surface area (Å²) in [7, 11) is 0. The predicted octanol–water partition coefficient (Wildman–Crippen LogP) is 0.873. The van der Waals surface area contributed by atoms with Crippen molar-refractivity contribution in [2.75, 3.05) is 6.54 Å². The quantitative estimate of drug-likeness (QED) is 0.689. The number of carboxylic acid groups (broad SMARTS) is 1. The first-order chi connectivity index (χ1) is 8.95. The van der Waals surface area contributed by atoms with E-state index in [1.54, 1.807) is 0 Å². The van der Waals surface area contributed by atoms with Crippen LogP contribution in [-0.4, -0.2) is 34.6 Å². The summed E-state index contributed by atoms with van der Waals surface area (Å²) in [5.74, 6) is -1.08. The highest BCUT2D eigenvalue weighted by atomic mass is 32.1. The second kappa shape index (κ2) is 7.20. The number of carbonyl (C=O) groups excluding carboxylic acids is 1. The second-order valence-corrected chi connectivity index (χ2v) is 5.33. The Labute approximate surface area is 116 Å². The molecule has 0 aliphatic rings. The van der Waals surface area contributed by atoms with Gasteiger partial charge in [-0.2, -0.15) is 0 Å². The number of hydrogen-bond donors (Lipinski definition) is 3. The summed E-state index contributed by atoms with van der Waals surface area (Å²) in [4.78, 5) is 26.3. The third-order valence-corrected chi connectivity index (χ3v) is 3.88. The minimum Gasteiger partial charge on any atom is -0.476 e. The van der Waals surface area contributed by atoms with Crippen molar-refractivity contribution in [3.05, 3.63) is 16.1 Å². The lowest BCUT2D eigenvalue weighted by atomic mass is 9.99. The molecule has 6 nitrogen and oxygen atoms in total. The van der Waals surface area contributed by atoms with Crippen molar-refractivity contribution in [2.24, 2.45) is 11.7 Å². The van der Waals surface area contributed by atoms with Crippen molar-refractivity contribution < 1.29 is 14.7 Å². The molecule has 19 heavy (non-hydrogen) atoms. The average Bonchev–Trinajstić information content (AvgIpc) is 2.85. The van der Waals surface area contributed by atoms with Gasteiger partial charge in [0.15, 0.2) is 5.69 Å². The van der Waals surface area contributed by atoms with Gasteiger partial charge in [-0.05, 0) is 5.92 Å². The number of thiazole rings is 1. The Hall–Kier alpha value is -1.47. The molecule has 1 aromatic heterocycles. The summed E-state index contributed by atoms with van der Waals surface area (Å²) in [6.07, 6.45) is 1.36. The highest BCUT2D eigenvalue weighted by Crippen LogP contribution is 2.10. The molecule has 4 N–H and O–H groups in total. The fraction of sp³-hybridized carbons (Fsp3) is 0.583. The lowest BCUT2D eigenvalue weighted by molar-refractivity contribution is -0.123. The predicted molar refractivity (Wildman–Crippen MR) is 73.2 cm³/mol. The molecule has 0 saturated carbocycles. The first kappa shape index (κ1) is 15.6. The highest BCUT2D eigenvalue weighted by Gasteiger charge is 2.18. The summed E-state index contributed by atoms with van der Waals surface area (Å²) >= 11 is 1.27. The standard InChI is InChI=1S/C12H19N3O3S/c1-3-7(2)10(13)11(16)14-5-4-9-15-8(6-19-9)12(17)18/h6-7,10H,3-5,13H2,1-2H3,(H,14,16)(H,17,18). The SMILES string of the molecule is CCC(C)C(N)C(=O)NCCc1nc(C(=O)O)cs1. The number of amides is 1. The number of carboxylic acids is 1. The summed E-state index contributed by atoms with van der Waals surface area (Å²) in [6, 6.07) is -0.504. The third-order valence-electron chi connectivity index (χ3n) is 2.97. The number of aromatic nitrogens is 1. The van der Waals surface area contributed by atoms with Gasteiger partial charge >= 0.3 is 5.97 Å². The minimum absolute atomic E-state index is 0.0441. The Morgan fingerprint density at radius 3 is 2.79 bits per heavy atom. The van der Waals surface area contributed by atoms with Gasteiger partial charge < -0.3 is 16.2 Å². The van der Waals surface area contributed by atoms with E-state index in [0.717, 1.165) is 6.42 Å². The monoisotopic (exact) mass is 285 g/mol. The molecule has 1 amide bonds. The average molecular weight is 285 g/mol. The lowest BCUT2D eigenvalue weighted by Crippen LogP contribution is -2.45. The molecule has 106 valence electrons. The molecule has 0 aliphatic carbocycles. The Balaban J connectivity index is 2.37. The molecule has 1 rings (SSSR count). The van der Waals surface area contributed by atoms with Crippen LogP contribution in [0.15, 0.2) is 5.38 Å². The van der Waals surface area contributed by atoms with Crippen molar-refractivity contribution in [3.63, 3.8) is 0 Å². The molecular weight excluding hydrogens is 266 g/mol. The number of hydrogen-bond acceptors (Lipinski definition) is 5. The van der Waals surface area contributed by atoms with E-state index in [9.17, 15) is 9.59 Å². The van der Waals surface area contributed by atoms with Gasteiger partial charge in [0.1, 0.15) is 0 Å². The normalized spacial score (nSPS) is 13.8. The fourth-order valence-corrected chi connectivity index (χ4v) is 2.22. The number of aromatic carboxylic acids is 1. The van der Waals surface area contributed by atoms with Gasteiger partial charge in [-0.1, -0.05) is 20.3 Å².